The van der Waals surface area contributed by atoms with Gasteiger partial charge in [0.05, 0.1) is 17.6 Å². The number of nitrogens with one attached hydrogen (secondary N) is 1. The molecular weight excluding hydrogens is 260 g/mol. The molecule has 6 heteroatoms. The minimum atomic E-state index is 0.122. The van der Waals surface area contributed by atoms with Crippen molar-refractivity contribution in [1.82, 2.24) is 15.1 Å². The zero-order chi connectivity index (χ0) is 14.3. The fourth-order valence-electron chi connectivity index (χ4n) is 2.40. The first-order valence-electron chi connectivity index (χ1n) is 7.10. The Bertz CT molecular complexity index is 303. The normalized spacial score (nSPS) is 19.1. The standard InChI is InChI=1S/C13H26N4OS/c1-3-5-15-12(18)10-16-6-8-17(9-7-16)11(4-2)13(14)19/h11H,3-10H2,1-2H3,(H2,14,19)(H,15,18). The molecule has 0 aromatic rings. The number of rotatable bonds is 7. The molecule has 1 heterocycles. The van der Waals surface area contributed by atoms with Crippen LogP contribution in [-0.4, -0.2) is 66.0 Å². The molecule has 1 saturated heterocycles. The van der Waals surface area contributed by atoms with Crippen molar-refractivity contribution in [3.05, 3.63) is 0 Å². The molecule has 1 unspecified atom stereocenters. The lowest BCUT2D eigenvalue weighted by Crippen LogP contribution is -2.54. The zero-order valence-corrected chi connectivity index (χ0v) is 12.8. The van der Waals surface area contributed by atoms with E-state index in [4.69, 9.17) is 18.0 Å². The van der Waals surface area contributed by atoms with E-state index in [1.54, 1.807) is 0 Å². The average Bonchev–Trinajstić information content (AvgIpc) is 2.39. The van der Waals surface area contributed by atoms with E-state index in [1.807, 2.05) is 0 Å². The maximum absolute atomic E-state index is 11.6. The number of hydrogen-bond acceptors (Lipinski definition) is 4. The summed E-state index contributed by atoms with van der Waals surface area (Å²) in [6.45, 7) is 9.08. The first-order chi connectivity index (χ1) is 9.08. The number of nitrogens with zero attached hydrogens (tertiary/aromatic N) is 2. The largest absolute Gasteiger partial charge is 0.392 e. The smallest absolute Gasteiger partial charge is 0.234 e. The number of hydrogen-bond donors (Lipinski definition) is 2. The van der Waals surface area contributed by atoms with Gasteiger partial charge in [0.15, 0.2) is 0 Å². The van der Waals surface area contributed by atoms with Crippen molar-refractivity contribution < 1.29 is 4.79 Å². The molecule has 0 aromatic heterocycles. The van der Waals surface area contributed by atoms with Crippen LogP contribution in [0.5, 0.6) is 0 Å². The van der Waals surface area contributed by atoms with Gasteiger partial charge in [-0.1, -0.05) is 26.1 Å². The summed E-state index contributed by atoms with van der Waals surface area (Å²) in [5, 5.41) is 2.91. The van der Waals surface area contributed by atoms with E-state index in [0.717, 1.165) is 45.6 Å². The summed E-state index contributed by atoms with van der Waals surface area (Å²) in [5.41, 5.74) is 5.76. The van der Waals surface area contributed by atoms with E-state index in [9.17, 15) is 4.79 Å². The number of thiocarbonyl (C=S) groups is 1. The fraction of sp³-hybridized carbons (Fsp3) is 0.846. The van der Waals surface area contributed by atoms with E-state index in [1.165, 1.54) is 0 Å². The molecule has 1 aliphatic heterocycles. The summed E-state index contributed by atoms with van der Waals surface area (Å²) in [7, 11) is 0. The Balaban J connectivity index is 2.32. The Morgan fingerprint density at radius 1 is 1.32 bits per heavy atom. The van der Waals surface area contributed by atoms with Gasteiger partial charge in [-0.2, -0.15) is 0 Å². The van der Waals surface area contributed by atoms with Crippen molar-refractivity contribution >= 4 is 23.1 Å². The second-order valence-corrected chi connectivity index (χ2v) is 5.46. The van der Waals surface area contributed by atoms with Crippen LogP contribution in [0.15, 0.2) is 0 Å². The lowest BCUT2D eigenvalue weighted by Gasteiger charge is -2.38. The van der Waals surface area contributed by atoms with E-state index in [-0.39, 0.29) is 11.9 Å². The van der Waals surface area contributed by atoms with Crippen molar-refractivity contribution in [2.75, 3.05) is 39.3 Å². The Hall–Kier alpha value is -0.720. The molecule has 5 nitrogen and oxygen atoms in total. The SMILES string of the molecule is CCCNC(=O)CN1CCN(C(CC)C(N)=S)CC1. The minimum Gasteiger partial charge on any atom is -0.392 e. The molecule has 1 rings (SSSR count). The molecule has 0 spiro atoms. The van der Waals surface area contributed by atoms with Gasteiger partial charge in [0.2, 0.25) is 5.91 Å². The van der Waals surface area contributed by atoms with Crippen LogP contribution in [0.3, 0.4) is 0 Å². The molecule has 110 valence electrons. The topological polar surface area (TPSA) is 61.6 Å². The third kappa shape index (κ3) is 5.42. The Labute approximate surface area is 121 Å². The second kappa shape index (κ2) is 8.45. The highest BCUT2D eigenvalue weighted by Gasteiger charge is 2.24. The summed E-state index contributed by atoms with van der Waals surface area (Å²) < 4.78 is 0. The number of carbonyl (C=O) groups is 1. The zero-order valence-electron chi connectivity index (χ0n) is 12.0. The van der Waals surface area contributed by atoms with E-state index < -0.39 is 0 Å². The van der Waals surface area contributed by atoms with Gasteiger partial charge in [0.25, 0.3) is 0 Å². The van der Waals surface area contributed by atoms with Gasteiger partial charge in [-0.3, -0.25) is 14.6 Å². The van der Waals surface area contributed by atoms with Crippen molar-refractivity contribution in [3.63, 3.8) is 0 Å². The monoisotopic (exact) mass is 286 g/mol. The second-order valence-electron chi connectivity index (χ2n) is 4.99. The number of piperazine rings is 1. The summed E-state index contributed by atoms with van der Waals surface area (Å²) in [6.07, 6.45) is 1.93. The maximum atomic E-state index is 11.6. The molecule has 1 aliphatic rings. The van der Waals surface area contributed by atoms with Gasteiger partial charge in [0.1, 0.15) is 0 Å². The van der Waals surface area contributed by atoms with Crippen molar-refractivity contribution in [1.29, 1.82) is 0 Å². The summed E-state index contributed by atoms with van der Waals surface area (Å²) in [5.74, 6) is 0.122. The van der Waals surface area contributed by atoms with Crippen molar-refractivity contribution in [2.45, 2.75) is 32.7 Å². The van der Waals surface area contributed by atoms with Crippen LogP contribution >= 0.6 is 12.2 Å². The predicted molar refractivity (Wildman–Crippen MR) is 82.2 cm³/mol. The van der Waals surface area contributed by atoms with Crippen LogP contribution in [0.2, 0.25) is 0 Å². The first-order valence-corrected chi connectivity index (χ1v) is 7.51. The van der Waals surface area contributed by atoms with Crippen LogP contribution in [0.4, 0.5) is 0 Å². The van der Waals surface area contributed by atoms with E-state index in [2.05, 4.69) is 29.0 Å². The highest BCUT2D eigenvalue weighted by Crippen LogP contribution is 2.09. The van der Waals surface area contributed by atoms with Gasteiger partial charge >= 0.3 is 0 Å². The van der Waals surface area contributed by atoms with Gasteiger partial charge < -0.3 is 11.1 Å². The number of carbonyl (C=O) groups excluding carboxylic acids is 1. The van der Waals surface area contributed by atoms with Gasteiger partial charge in [-0.25, -0.2) is 0 Å². The fourth-order valence-corrected chi connectivity index (χ4v) is 2.71. The van der Waals surface area contributed by atoms with Gasteiger partial charge in [-0.05, 0) is 12.8 Å². The van der Waals surface area contributed by atoms with E-state index in [0.29, 0.717) is 11.5 Å². The molecule has 1 atom stereocenters. The molecule has 3 N–H and O–H groups in total. The summed E-state index contributed by atoms with van der Waals surface area (Å²) in [6, 6.07) is 0.200. The van der Waals surface area contributed by atoms with Crippen LogP contribution in [0.25, 0.3) is 0 Å². The van der Waals surface area contributed by atoms with Gasteiger partial charge in [0, 0.05) is 32.7 Å². The van der Waals surface area contributed by atoms with Crippen molar-refractivity contribution in [3.8, 4) is 0 Å². The quantitative estimate of drug-likeness (QED) is 0.655. The third-order valence-electron chi connectivity index (χ3n) is 3.50. The Morgan fingerprint density at radius 3 is 2.42 bits per heavy atom. The molecule has 1 fully saturated rings. The van der Waals surface area contributed by atoms with Crippen LogP contribution in [-0.2, 0) is 4.79 Å². The molecule has 19 heavy (non-hydrogen) atoms. The Morgan fingerprint density at radius 2 is 1.95 bits per heavy atom. The average molecular weight is 286 g/mol. The molecule has 0 aromatic carbocycles. The lowest BCUT2D eigenvalue weighted by atomic mass is 10.1. The molecule has 0 aliphatic carbocycles. The molecule has 0 saturated carbocycles. The van der Waals surface area contributed by atoms with Crippen LogP contribution < -0.4 is 11.1 Å². The van der Waals surface area contributed by atoms with Gasteiger partial charge in [-0.15, -0.1) is 0 Å². The Kier molecular flexibility index (Phi) is 7.27. The highest BCUT2D eigenvalue weighted by molar-refractivity contribution is 7.80. The van der Waals surface area contributed by atoms with Crippen molar-refractivity contribution in [2.24, 2.45) is 5.73 Å². The van der Waals surface area contributed by atoms with Crippen LogP contribution in [0.1, 0.15) is 26.7 Å². The number of nitrogens with two attached hydrogens (primary N) is 1. The highest BCUT2D eigenvalue weighted by atomic mass is 32.1. The summed E-state index contributed by atoms with van der Waals surface area (Å²) in [4.78, 5) is 16.7. The maximum Gasteiger partial charge on any atom is 0.234 e. The third-order valence-corrected chi connectivity index (χ3v) is 3.77. The molecular formula is C13H26N4OS. The minimum absolute atomic E-state index is 0.122. The van der Waals surface area contributed by atoms with E-state index >= 15 is 0 Å². The summed E-state index contributed by atoms with van der Waals surface area (Å²) >= 11 is 5.10. The number of amides is 1. The predicted octanol–water partition coefficient (Wildman–Crippen LogP) is 0.195. The molecule has 1 amide bonds. The first kappa shape index (κ1) is 16.3. The lowest BCUT2D eigenvalue weighted by molar-refractivity contribution is -0.122. The molecule has 0 radical (unpaired) electrons. The molecule has 0 bridgehead atoms. The van der Waals surface area contributed by atoms with Crippen LogP contribution in [0, 0.1) is 0 Å².